The van der Waals surface area contributed by atoms with Crippen molar-refractivity contribution in [1.29, 1.82) is 0 Å². The van der Waals surface area contributed by atoms with Crippen LogP contribution in [0.1, 0.15) is 24.5 Å². The number of anilines is 1. The van der Waals surface area contributed by atoms with E-state index < -0.39 is 0 Å². The molecule has 0 amide bonds. The number of methoxy groups -OCH3 is 1. The van der Waals surface area contributed by atoms with Gasteiger partial charge in [-0.25, -0.2) is 0 Å². The second-order valence-electron chi connectivity index (χ2n) is 5.13. The Morgan fingerprint density at radius 3 is 2.76 bits per heavy atom. The normalized spacial score (nSPS) is 15.9. The highest BCUT2D eigenvalue weighted by molar-refractivity contribution is 5.80. The van der Waals surface area contributed by atoms with E-state index in [1.54, 1.807) is 19.5 Å². The number of hydrogen-bond donors (Lipinski definition) is 1. The van der Waals surface area contributed by atoms with Gasteiger partial charge in [0.1, 0.15) is 0 Å². The van der Waals surface area contributed by atoms with Crippen molar-refractivity contribution >= 4 is 5.69 Å². The number of rotatable bonds is 3. The Hall–Kier alpha value is -2.14. The summed E-state index contributed by atoms with van der Waals surface area (Å²) in [6, 6.07) is 3.85. The van der Waals surface area contributed by atoms with Gasteiger partial charge in [-0.15, -0.1) is 0 Å². The van der Waals surface area contributed by atoms with E-state index in [1.807, 2.05) is 18.3 Å². The lowest BCUT2D eigenvalue weighted by Crippen LogP contribution is -2.16. The van der Waals surface area contributed by atoms with Crippen molar-refractivity contribution in [2.75, 3.05) is 26.1 Å². The first-order valence-corrected chi connectivity index (χ1v) is 7.11. The van der Waals surface area contributed by atoms with Gasteiger partial charge in [0.25, 0.3) is 0 Å². The minimum Gasteiger partial charge on any atom is -0.493 e. The van der Waals surface area contributed by atoms with E-state index >= 15 is 0 Å². The van der Waals surface area contributed by atoms with Crippen LogP contribution >= 0.6 is 0 Å². The van der Waals surface area contributed by atoms with Crippen LogP contribution in [0.15, 0.2) is 30.7 Å². The summed E-state index contributed by atoms with van der Waals surface area (Å²) in [5.74, 6) is 1.03. The van der Waals surface area contributed by atoms with Crippen LogP contribution in [0, 0.1) is 0 Å². The molecule has 0 radical (unpaired) electrons. The molecule has 1 aliphatic rings. The van der Waals surface area contributed by atoms with Gasteiger partial charge in [0.2, 0.25) is 0 Å². The van der Waals surface area contributed by atoms with Gasteiger partial charge in [-0.1, -0.05) is 6.07 Å². The SMILES string of the molecule is COc1c(C2CCOCC2)ncc(-c2cccnc2)c1N. The maximum Gasteiger partial charge on any atom is 0.164 e. The zero-order valence-corrected chi connectivity index (χ0v) is 12.1. The van der Waals surface area contributed by atoms with Crippen molar-refractivity contribution in [3.05, 3.63) is 36.4 Å². The molecule has 0 unspecified atom stereocenters. The molecule has 5 heteroatoms. The maximum absolute atomic E-state index is 6.31. The molecule has 0 saturated carbocycles. The predicted octanol–water partition coefficient (Wildman–Crippen LogP) is 2.63. The van der Waals surface area contributed by atoms with Crippen LogP contribution in [-0.4, -0.2) is 30.3 Å². The third-order valence-corrected chi connectivity index (χ3v) is 3.88. The van der Waals surface area contributed by atoms with E-state index in [1.165, 1.54) is 0 Å². The first kappa shape index (κ1) is 13.8. The van der Waals surface area contributed by atoms with Crippen LogP contribution in [0.25, 0.3) is 11.1 Å². The van der Waals surface area contributed by atoms with Crippen molar-refractivity contribution in [1.82, 2.24) is 9.97 Å². The Kier molecular flexibility index (Phi) is 4.01. The molecule has 21 heavy (non-hydrogen) atoms. The summed E-state index contributed by atoms with van der Waals surface area (Å²) in [5.41, 5.74) is 9.67. The maximum atomic E-state index is 6.31. The molecule has 0 aliphatic carbocycles. The molecule has 1 aliphatic heterocycles. The van der Waals surface area contributed by atoms with Crippen LogP contribution in [0.4, 0.5) is 5.69 Å². The molecule has 1 fully saturated rings. The van der Waals surface area contributed by atoms with Crippen LogP contribution < -0.4 is 10.5 Å². The molecule has 0 aromatic carbocycles. The minimum atomic E-state index is 0.346. The van der Waals surface area contributed by atoms with Gasteiger partial charge in [0, 0.05) is 48.8 Å². The summed E-state index contributed by atoms with van der Waals surface area (Å²) in [6.07, 6.45) is 7.24. The van der Waals surface area contributed by atoms with Crippen LogP contribution in [-0.2, 0) is 4.74 Å². The molecule has 0 bridgehead atoms. The highest BCUT2D eigenvalue weighted by atomic mass is 16.5. The topological polar surface area (TPSA) is 70.3 Å². The Morgan fingerprint density at radius 2 is 2.10 bits per heavy atom. The summed E-state index contributed by atoms with van der Waals surface area (Å²) >= 11 is 0. The number of nitrogens with zero attached hydrogens (tertiary/aromatic N) is 2. The van der Waals surface area contributed by atoms with Crippen LogP contribution in [0.3, 0.4) is 0 Å². The minimum absolute atomic E-state index is 0.346. The van der Waals surface area contributed by atoms with Gasteiger partial charge in [-0.2, -0.15) is 0 Å². The molecule has 1 saturated heterocycles. The number of pyridine rings is 2. The first-order chi connectivity index (χ1) is 10.3. The van der Waals surface area contributed by atoms with Crippen molar-refractivity contribution in [2.45, 2.75) is 18.8 Å². The average molecular weight is 285 g/mol. The number of nitrogen functional groups attached to an aromatic ring is 1. The highest BCUT2D eigenvalue weighted by Crippen LogP contribution is 2.40. The molecule has 2 N–H and O–H groups in total. The fourth-order valence-corrected chi connectivity index (χ4v) is 2.75. The quantitative estimate of drug-likeness (QED) is 0.938. The van der Waals surface area contributed by atoms with Crippen molar-refractivity contribution in [3.8, 4) is 16.9 Å². The van der Waals surface area contributed by atoms with Crippen LogP contribution in [0.2, 0.25) is 0 Å². The van der Waals surface area contributed by atoms with E-state index in [4.69, 9.17) is 15.2 Å². The molecule has 2 aromatic heterocycles. The van der Waals surface area contributed by atoms with E-state index in [0.717, 1.165) is 42.9 Å². The fraction of sp³-hybridized carbons (Fsp3) is 0.375. The van der Waals surface area contributed by atoms with Gasteiger partial charge >= 0.3 is 0 Å². The van der Waals surface area contributed by atoms with Crippen molar-refractivity contribution < 1.29 is 9.47 Å². The molecule has 3 heterocycles. The molecule has 2 aromatic rings. The van der Waals surface area contributed by atoms with Gasteiger partial charge < -0.3 is 15.2 Å². The molecule has 110 valence electrons. The second kappa shape index (κ2) is 6.10. The van der Waals surface area contributed by atoms with E-state index in [0.29, 0.717) is 17.4 Å². The first-order valence-electron chi connectivity index (χ1n) is 7.11. The lowest BCUT2D eigenvalue weighted by molar-refractivity contribution is 0.0839. The van der Waals surface area contributed by atoms with Crippen molar-refractivity contribution in [3.63, 3.8) is 0 Å². The smallest absolute Gasteiger partial charge is 0.164 e. The van der Waals surface area contributed by atoms with Gasteiger partial charge in [-0.05, 0) is 18.9 Å². The summed E-state index contributed by atoms with van der Waals surface area (Å²) in [5, 5.41) is 0. The zero-order valence-electron chi connectivity index (χ0n) is 12.1. The van der Waals surface area contributed by atoms with Gasteiger partial charge in [0.05, 0.1) is 18.5 Å². The average Bonchev–Trinajstić information content (AvgIpc) is 2.56. The summed E-state index contributed by atoms with van der Waals surface area (Å²) < 4.78 is 11.0. The third kappa shape index (κ3) is 2.69. The molecular formula is C16H19N3O2. The van der Waals surface area contributed by atoms with E-state index in [-0.39, 0.29) is 0 Å². The zero-order chi connectivity index (χ0) is 14.7. The Balaban J connectivity index is 2.03. The van der Waals surface area contributed by atoms with E-state index in [2.05, 4.69) is 9.97 Å². The number of hydrogen-bond acceptors (Lipinski definition) is 5. The molecular weight excluding hydrogens is 266 g/mol. The second-order valence-corrected chi connectivity index (χ2v) is 5.13. The number of aromatic nitrogens is 2. The summed E-state index contributed by atoms with van der Waals surface area (Å²) in [6.45, 7) is 1.53. The van der Waals surface area contributed by atoms with E-state index in [9.17, 15) is 0 Å². The standard InChI is InChI=1S/C16H19N3O2/c1-20-16-14(17)13(12-3-2-6-18-9-12)10-19-15(16)11-4-7-21-8-5-11/h2-3,6,9-11H,4-5,7-8H2,1H3,(H2,17,19). The summed E-state index contributed by atoms with van der Waals surface area (Å²) in [4.78, 5) is 8.75. The van der Waals surface area contributed by atoms with Gasteiger partial charge in [0.15, 0.2) is 5.75 Å². The lowest BCUT2D eigenvalue weighted by Gasteiger charge is -2.24. The van der Waals surface area contributed by atoms with Crippen molar-refractivity contribution in [2.24, 2.45) is 0 Å². The Morgan fingerprint density at radius 1 is 1.29 bits per heavy atom. The van der Waals surface area contributed by atoms with Gasteiger partial charge in [-0.3, -0.25) is 9.97 Å². The monoisotopic (exact) mass is 285 g/mol. The fourth-order valence-electron chi connectivity index (χ4n) is 2.75. The largest absolute Gasteiger partial charge is 0.493 e. The lowest BCUT2D eigenvalue weighted by atomic mass is 9.93. The Bertz CT molecular complexity index is 610. The molecule has 0 atom stereocenters. The molecule has 3 rings (SSSR count). The number of nitrogens with two attached hydrogens (primary N) is 1. The number of ether oxygens (including phenoxy) is 2. The molecule has 5 nitrogen and oxygen atoms in total. The predicted molar refractivity (Wildman–Crippen MR) is 81.2 cm³/mol. The third-order valence-electron chi connectivity index (χ3n) is 3.88. The summed E-state index contributed by atoms with van der Waals surface area (Å²) in [7, 11) is 1.64. The molecule has 0 spiro atoms. The highest BCUT2D eigenvalue weighted by Gasteiger charge is 2.24. The Labute approximate surface area is 124 Å². The van der Waals surface area contributed by atoms with Crippen LogP contribution in [0.5, 0.6) is 5.75 Å².